The first-order valence-corrected chi connectivity index (χ1v) is 5.27. The molecule has 0 spiro atoms. The van der Waals surface area contributed by atoms with Crippen molar-refractivity contribution in [1.82, 2.24) is 5.32 Å². The Morgan fingerprint density at radius 2 is 2.29 bits per heavy atom. The molecule has 1 N–H and O–H groups in total. The van der Waals surface area contributed by atoms with E-state index < -0.39 is 0 Å². The van der Waals surface area contributed by atoms with E-state index >= 15 is 0 Å². The Hall–Kier alpha value is -1.02. The maximum atomic E-state index is 5.60. The highest BCUT2D eigenvalue weighted by Crippen LogP contribution is 2.18. The van der Waals surface area contributed by atoms with E-state index in [1.54, 1.807) is 0 Å². The highest BCUT2D eigenvalue weighted by atomic mass is 16.5. The maximum absolute atomic E-state index is 5.60. The summed E-state index contributed by atoms with van der Waals surface area (Å²) in [5.41, 5.74) is 1.25. The summed E-state index contributed by atoms with van der Waals surface area (Å²) >= 11 is 0. The van der Waals surface area contributed by atoms with Crippen LogP contribution in [-0.2, 0) is 0 Å². The van der Waals surface area contributed by atoms with Crippen LogP contribution in [-0.4, -0.2) is 19.2 Å². The van der Waals surface area contributed by atoms with E-state index in [2.05, 4.69) is 24.4 Å². The zero-order valence-electron chi connectivity index (χ0n) is 8.62. The summed E-state index contributed by atoms with van der Waals surface area (Å²) in [6.45, 7) is 3.80. The van der Waals surface area contributed by atoms with Gasteiger partial charge in [-0.25, -0.2) is 0 Å². The topological polar surface area (TPSA) is 21.3 Å². The van der Waals surface area contributed by atoms with Crippen LogP contribution < -0.4 is 10.1 Å². The lowest BCUT2D eigenvalue weighted by Crippen LogP contribution is -2.22. The van der Waals surface area contributed by atoms with E-state index in [9.17, 15) is 0 Å². The predicted octanol–water partition coefficient (Wildman–Crippen LogP) is 2.13. The van der Waals surface area contributed by atoms with Gasteiger partial charge in [0.15, 0.2) is 0 Å². The molecule has 1 aliphatic carbocycles. The number of rotatable bonds is 5. The zero-order valence-corrected chi connectivity index (χ0v) is 8.62. The molecular formula is C12H17NO. The van der Waals surface area contributed by atoms with Crippen LogP contribution in [0.25, 0.3) is 0 Å². The predicted molar refractivity (Wildman–Crippen MR) is 57.7 cm³/mol. The van der Waals surface area contributed by atoms with Crippen molar-refractivity contribution in [2.45, 2.75) is 25.8 Å². The number of nitrogens with one attached hydrogen (secondary N) is 1. The summed E-state index contributed by atoms with van der Waals surface area (Å²) in [7, 11) is 0. The lowest BCUT2D eigenvalue weighted by molar-refractivity contribution is 0.313. The van der Waals surface area contributed by atoms with Crippen molar-refractivity contribution in [3.63, 3.8) is 0 Å². The van der Waals surface area contributed by atoms with Gasteiger partial charge in [0.25, 0.3) is 0 Å². The molecule has 1 fully saturated rings. The lowest BCUT2D eigenvalue weighted by Gasteiger charge is -2.07. The first-order valence-electron chi connectivity index (χ1n) is 5.27. The van der Waals surface area contributed by atoms with Crippen LogP contribution >= 0.6 is 0 Å². The highest BCUT2D eigenvalue weighted by Gasteiger charge is 2.19. The third-order valence-corrected chi connectivity index (χ3v) is 2.37. The molecule has 0 amide bonds. The van der Waals surface area contributed by atoms with Gasteiger partial charge in [-0.3, -0.25) is 0 Å². The second kappa shape index (κ2) is 4.47. The van der Waals surface area contributed by atoms with E-state index in [0.717, 1.165) is 24.9 Å². The maximum Gasteiger partial charge on any atom is 0.119 e. The van der Waals surface area contributed by atoms with Crippen LogP contribution in [0, 0.1) is 6.92 Å². The van der Waals surface area contributed by atoms with Crippen molar-refractivity contribution in [2.75, 3.05) is 13.2 Å². The van der Waals surface area contributed by atoms with Crippen molar-refractivity contribution in [3.8, 4) is 5.75 Å². The minimum absolute atomic E-state index is 0.764. The molecule has 76 valence electrons. The van der Waals surface area contributed by atoms with Crippen LogP contribution in [0.1, 0.15) is 18.4 Å². The van der Waals surface area contributed by atoms with Crippen molar-refractivity contribution in [2.24, 2.45) is 0 Å². The molecular weight excluding hydrogens is 174 g/mol. The molecule has 0 saturated heterocycles. The third-order valence-electron chi connectivity index (χ3n) is 2.37. The molecule has 2 heteroatoms. The smallest absolute Gasteiger partial charge is 0.119 e. The SMILES string of the molecule is Cc1cccc(OCCNC2CC2)c1. The summed E-state index contributed by atoms with van der Waals surface area (Å²) in [5, 5.41) is 3.42. The Kier molecular flexibility index (Phi) is 3.04. The normalized spacial score (nSPS) is 15.5. The lowest BCUT2D eigenvalue weighted by atomic mass is 10.2. The fourth-order valence-electron chi connectivity index (χ4n) is 1.42. The van der Waals surface area contributed by atoms with Crippen molar-refractivity contribution < 1.29 is 4.74 Å². The summed E-state index contributed by atoms with van der Waals surface area (Å²) < 4.78 is 5.60. The van der Waals surface area contributed by atoms with Gasteiger partial charge in [0, 0.05) is 12.6 Å². The van der Waals surface area contributed by atoms with Crippen molar-refractivity contribution in [1.29, 1.82) is 0 Å². The molecule has 1 aliphatic rings. The Morgan fingerprint density at radius 1 is 1.43 bits per heavy atom. The van der Waals surface area contributed by atoms with Crippen LogP contribution in [0.4, 0.5) is 0 Å². The fraction of sp³-hybridized carbons (Fsp3) is 0.500. The molecule has 1 saturated carbocycles. The molecule has 1 aromatic rings. The summed E-state index contributed by atoms with van der Waals surface area (Å²) in [5.74, 6) is 0.975. The summed E-state index contributed by atoms with van der Waals surface area (Å²) in [6.07, 6.45) is 2.68. The van der Waals surface area contributed by atoms with Crippen LogP contribution in [0.5, 0.6) is 5.75 Å². The molecule has 0 unspecified atom stereocenters. The molecule has 2 nitrogen and oxygen atoms in total. The minimum Gasteiger partial charge on any atom is -0.492 e. The molecule has 0 bridgehead atoms. The number of hydrogen-bond acceptors (Lipinski definition) is 2. The van der Waals surface area contributed by atoms with Crippen molar-refractivity contribution in [3.05, 3.63) is 29.8 Å². The van der Waals surface area contributed by atoms with Gasteiger partial charge < -0.3 is 10.1 Å². The molecule has 0 aromatic heterocycles. The van der Waals surface area contributed by atoms with Gasteiger partial charge in [0.1, 0.15) is 12.4 Å². The minimum atomic E-state index is 0.764. The fourth-order valence-corrected chi connectivity index (χ4v) is 1.42. The van der Waals surface area contributed by atoms with Gasteiger partial charge >= 0.3 is 0 Å². The Balaban J connectivity index is 1.68. The number of ether oxygens (including phenoxy) is 1. The van der Waals surface area contributed by atoms with E-state index in [1.807, 2.05) is 12.1 Å². The molecule has 1 aromatic carbocycles. The van der Waals surface area contributed by atoms with E-state index in [1.165, 1.54) is 18.4 Å². The summed E-state index contributed by atoms with van der Waals surface area (Å²) in [6, 6.07) is 8.95. The largest absolute Gasteiger partial charge is 0.492 e. The second-order valence-corrected chi connectivity index (χ2v) is 3.89. The zero-order chi connectivity index (χ0) is 9.80. The van der Waals surface area contributed by atoms with Crippen molar-refractivity contribution >= 4 is 0 Å². The van der Waals surface area contributed by atoms with Gasteiger partial charge in [-0.05, 0) is 37.5 Å². The van der Waals surface area contributed by atoms with Gasteiger partial charge in [-0.15, -0.1) is 0 Å². The Morgan fingerprint density at radius 3 is 3.00 bits per heavy atom. The van der Waals surface area contributed by atoms with Crippen LogP contribution in [0.15, 0.2) is 24.3 Å². The van der Waals surface area contributed by atoms with E-state index in [0.29, 0.717) is 0 Å². The van der Waals surface area contributed by atoms with Gasteiger partial charge in [-0.2, -0.15) is 0 Å². The van der Waals surface area contributed by atoms with Gasteiger partial charge in [0.2, 0.25) is 0 Å². The van der Waals surface area contributed by atoms with Crippen LogP contribution in [0.2, 0.25) is 0 Å². The molecule has 0 atom stereocenters. The second-order valence-electron chi connectivity index (χ2n) is 3.89. The first kappa shape index (κ1) is 9.53. The average Bonchev–Trinajstić information content (AvgIpc) is 2.96. The standard InChI is InChI=1S/C12H17NO/c1-10-3-2-4-12(9-10)14-8-7-13-11-5-6-11/h2-4,9,11,13H,5-8H2,1H3. The first-order chi connectivity index (χ1) is 6.84. The monoisotopic (exact) mass is 191 g/mol. The third kappa shape index (κ3) is 3.04. The molecule has 0 radical (unpaired) electrons. The molecule has 2 rings (SSSR count). The Bertz CT molecular complexity index is 294. The van der Waals surface area contributed by atoms with Crippen LogP contribution in [0.3, 0.4) is 0 Å². The Labute approximate surface area is 85.3 Å². The van der Waals surface area contributed by atoms with E-state index in [4.69, 9.17) is 4.74 Å². The molecule has 0 aliphatic heterocycles. The highest BCUT2D eigenvalue weighted by molar-refractivity contribution is 5.27. The molecule has 14 heavy (non-hydrogen) atoms. The number of benzene rings is 1. The quantitative estimate of drug-likeness (QED) is 0.720. The average molecular weight is 191 g/mol. The molecule has 0 heterocycles. The van der Waals surface area contributed by atoms with E-state index in [-0.39, 0.29) is 0 Å². The number of hydrogen-bond donors (Lipinski definition) is 1. The van der Waals surface area contributed by atoms with Gasteiger partial charge in [0.05, 0.1) is 0 Å². The summed E-state index contributed by atoms with van der Waals surface area (Å²) in [4.78, 5) is 0. The number of aryl methyl sites for hydroxylation is 1. The van der Waals surface area contributed by atoms with Gasteiger partial charge in [-0.1, -0.05) is 12.1 Å².